The third-order valence-corrected chi connectivity index (χ3v) is 5.29. The number of hydrogen-bond acceptors (Lipinski definition) is 6. The first kappa shape index (κ1) is 20.1. The first-order valence-electron chi connectivity index (χ1n) is 8.92. The van der Waals surface area contributed by atoms with E-state index in [-0.39, 0.29) is 13.2 Å². The van der Waals surface area contributed by atoms with E-state index in [4.69, 9.17) is 42.1 Å². The van der Waals surface area contributed by atoms with Crippen LogP contribution in [0.5, 0.6) is 0 Å². The maximum Gasteiger partial charge on any atom is 0.184 e. The average molecular weight is 427 g/mol. The summed E-state index contributed by atoms with van der Waals surface area (Å²) in [4.78, 5) is 0. The van der Waals surface area contributed by atoms with E-state index in [0.717, 1.165) is 11.1 Å². The van der Waals surface area contributed by atoms with Crippen molar-refractivity contribution in [1.82, 2.24) is 0 Å². The van der Waals surface area contributed by atoms with Crippen molar-refractivity contribution in [2.24, 2.45) is 0 Å². The molecule has 2 aromatic carbocycles. The molecule has 0 aromatic heterocycles. The molecule has 6 atom stereocenters. The van der Waals surface area contributed by atoms with Crippen molar-refractivity contribution >= 4 is 23.2 Å². The lowest BCUT2D eigenvalue weighted by molar-refractivity contribution is -0.283. The van der Waals surface area contributed by atoms with Gasteiger partial charge in [-0.2, -0.15) is 0 Å². The van der Waals surface area contributed by atoms with Crippen LogP contribution in [0.15, 0.2) is 48.5 Å². The first-order chi connectivity index (χ1) is 13.5. The van der Waals surface area contributed by atoms with E-state index in [1.807, 2.05) is 0 Å². The predicted octanol–water partition coefficient (Wildman–Crippen LogP) is 3.24. The fourth-order valence-corrected chi connectivity index (χ4v) is 3.51. The van der Waals surface area contributed by atoms with Crippen LogP contribution in [-0.4, -0.2) is 47.8 Å². The van der Waals surface area contributed by atoms with E-state index in [2.05, 4.69) is 0 Å². The monoisotopic (exact) mass is 426 g/mol. The molecular weight excluding hydrogens is 407 g/mol. The number of benzene rings is 2. The molecule has 2 aliphatic heterocycles. The molecule has 28 heavy (non-hydrogen) atoms. The van der Waals surface area contributed by atoms with Crippen molar-refractivity contribution in [2.75, 3.05) is 13.2 Å². The van der Waals surface area contributed by atoms with Crippen LogP contribution in [0, 0.1) is 0 Å². The highest BCUT2D eigenvalue weighted by Crippen LogP contribution is 2.34. The Morgan fingerprint density at radius 1 is 0.786 bits per heavy atom. The Morgan fingerprint density at radius 2 is 1.29 bits per heavy atom. The molecule has 2 fully saturated rings. The Morgan fingerprint density at radius 3 is 1.86 bits per heavy atom. The van der Waals surface area contributed by atoms with Gasteiger partial charge in [-0.15, -0.1) is 0 Å². The number of aliphatic hydroxyl groups is 2. The maximum atomic E-state index is 10.8. The Hall–Kier alpha value is -1.22. The van der Waals surface area contributed by atoms with Gasteiger partial charge < -0.3 is 29.2 Å². The molecule has 0 amide bonds. The Balaban J connectivity index is 1.42. The van der Waals surface area contributed by atoms with Gasteiger partial charge in [0.1, 0.15) is 24.4 Å². The molecule has 2 saturated heterocycles. The molecule has 0 aliphatic carbocycles. The topological polar surface area (TPSA) is 77.4 Å². The Labute approximate surface area is 172 Å². The van der Waals surface area contributed by atoms with Crippen LogP contribution in [0.25, 0.3) is 0 Å². The second kappa shape index (κ2) is 8.65. The second-order valence-electron chi connectivity index (χ2n) is 6.77. The van der Waals surface area contributed by atoms with E-state index in [9.17, 15) is 10.2 Å². The summed E-state index contributed by atoms with van der Waals surface area (Å²) in [7, 11) is 0. The molecule has 8 heteroatoms. The van der Waals surface area contributed by atoms with Crippen molar-refractivity contribution in [1.29, 1.82) is 0 Å². The highest BCUT2D eigenvalue weighted by atomic mass is 35.5. The lowest BCUT2D eigenvalue weighted by atomic mass is 10.0. The zero-order valence-electron chi connectivity index (χ0n) is 14.8. The molecule has 2 aromatic rings. The van der Waals surface area contributed by atoms with Gasteiger partial charge in [-0.25, -0.2) is 0 Å². The van der Waals surface area contributed by atoms with Crippen LogP contribution in [-0.2, 0) is 18.9 Å². The molecule has 0 spiro atoms. The Bertz CT molecular complexity index is 784. The van der Waals surface area contributed by atoms with E-state index >= 15 is 0 Å². The summed E-state index contributed by atoms with van der Waals surface area (Å²) in [6.07, 6.45) is -4.94. The molecule has 2 N–H and O–H groups in total. The number of aliphatic hydroxyl groups excluding tert-OH is 2. The van der Waals surface area contributed by atoms with Crippen molar-refractivity contribution in [3.05, 3.63) is 69.7 Å². The van der Waals surface area contributed by atoms with Crippen molar-refractivity contribution < 1.29 is 29.2 Å². The van der Waals surface area contributed by atoms with Crippen LogP contribution in [0.1, 0.15) is 23.7 Å². The molecule has 150 valence electrons. The molecule has 2 aliphatic rings. The third kappa shape index (κ3) is 4.35. The largest absolute Gasteiger partial charge is 0.388 e. The molecule has 0 bridgehead atoms. The standard InChI is InChI=1S/C20H20Cl2O6/c21-13-5-1-11(2-6-13)19-26-10-16(27-19)17(24)18-15(23)9-25-20(28-18)12-3-7-14(22)8-4-12/h1-8,15-20,23-24H,9-10H2/t15-,16+,17-,18-,19?,20?/m1/s1. The summed E-state index contributed by atoms with van der Waals surface area (Å²) >= 11 is 11.8. The lowest BCUT2D eigenvalue weighted by Gasteiger charge is -2.37. The van der Waals surface area contributed by atoms with Gasteiger partial charge in [-0.3, -0.25) is 0 Å². The molecule has 4 rings (SSSR count). The van der Waals surface area contributed by atoms with E-state index < -0.39 is 37.0 Å². The van der Waals surface area contributed by atoms with Crippen LogP contribution in [0.4, 0.5) is 0 Å². The van der Waals surface area contributed by atoms with E-state index in [1.54, 1.807) is 48.5 Å². The minimum Gasteiger partial charge on any atom is -0.388 e. The van der Waals surface area contributed by atoms with Crippen LogP contribution < -0.4 is 0 Å². The van der Waals surface area contributed by atoms with Crippen LogP contribution >= 0.6 is 23.2 Å². The van der Waals surface area contributed by atoms with Gasteiger partial charge in [-0.05, 0) is 24.3 Å². The molecule has 0 radical (unpaired) electrons. The summed E-state index contributed by atoms with van der Waals surface area (Å²) in [6, 6.07) is 14.1. The van der Waals surface area contributed by atoms with Gasteiger partial charge in [0.15, 0.2) is 12.6 Å². The molecule has 6 nitrogen and oxygen atoms in total. The number of ether oxygens (including phenoxy) is 4. The summed E-state index contributed by atoms with van der Waals surface area (Å²) in [5.74, 6) is 0. The fraction of sp³-hybridized carbons (Fsp3) is 0.400. The maximum absolute atomic E-state index is 10.8. The molecule has 2 heterocycles. The highest BCUT2D eigenvalue weighted by molar-refractivity contribution is 6.30. The van der Waals surface area contributed by atoms with Gasteiger partial charge in [-0.1, -0.05) is 47.5 Å². The first-order valence-corrected chi connectivity index (χ1v) is 9.68. The summed E-state index contributed by atoms with van der Waals surface area (Å²) in [5.41, 5.74) is 1.54. The van der Waals surface area contributed by atoms with Gasteiger partial charge in [0.05, 0.1) is 13.2 Å². The molecule has 2 unspecified atom stereocenters. The smallest absolute Gasteiger partial charge is 0.184 e. The number of hydrogen-bond donors (Lipinski definition) is 2. The van der Waals surface area contributed by atoms with E-state index in [0.29, 0.717) is 10.0 Å². The number of rotatable bonds is 4. The van der Waals surface area contributed by atoms with Crippen molar-refractivity contribution in [2.45, 2.75) is 37.0 Å². The van der Waals surface area contributed by atoms with Gasteiger partial charge in [0.2, 0.25) is 0 Å². The fourth-order valence-electron chi connectivity index (χ4n) is 3.26. The van der Waals surface area contributed by atoms with Crippen LogP contribution in [0.3, 0.4) is 0 Å². The summed E-state index contributed by atoms with van der Waals surface area (Å²) in [5, 5.41) is 22.3. The van der Waals surface area contributed by atoms with Crippen molar-refractivity contribution in [3.63, 3.8) is 0 Å². The second-order valence-corrected chi connectivity index (χ2v) is 7.64. The minimum absolute atomic E-state index is 0.0310. The van der Waals surface area contributed by atoms with Gasteiger partial charge in [0, 0.05) is 21.2 Å². The quantitative estimate of drug-likeness (QED) is 0.781. The average Bonchev–Trinajstić information content (AvgIpc) is 3.19. The predicted molar refractivity (Wildman–Crippen MR) is 102 cm³/mol. The SMILES string of the molecule is O[C@@H]([C@@H]1OC(c2ccc(Cl)cc2)OC[C@H]1O)[C@@H]1COC(c2ccc(Cl)cc2)O1. The molecular formula is C20H20Cl2O6. The van der Waals surface area contributed by atoms with Crippen molar-refractivity contribution in [3.8, 4) is 0 Å². The Kier molecular flexibility index (Phi) is 6.20. The normalized spacial score (nSPS) is 31.6. The number of halogens is 2. The zero-order valence-corrected chi connectivity index (χ0v) is 16.3. The van der Waals surface area contributed by atoms with Gasteiger partial charge in [0.25, 0.3) is 0 Å². The van der Waals surface area contributed by atoms with E-state index in [1.165, 1.54) is 0 Å². The molecule has 0 saturated carbocycles. The lowest BCUT2D eigenvalue weighted by Crippen LogP contribution is -2.52. The minimum atomic E-state index is -1.09. The summed E-state index contributed by atoms with van der Waals surface area (Å²) in [6.45, 7) is 0.205. The van der Waals surface area contributed by atoms with Crippen LogP contribution in [0.2, 0.25) is 10.0 Å². The highest BCUT2D eigenvalue weighted by Gasteiger charge is 2.43. The van der Waals surface area contributed by atoms with Gasteiger partial charge >= 0.3 is 0 Å². The zero-order chi connectivity index (χ0) is 19.7. The third-order valence-electron chi connectivity index (χ3n) is 4.79. The summed E-state index contributed by atoms with van der Waals surface area (Å²) < 4.78 is 22.9.